The van der Waals surface area contributed by atoms with Crippen LogP contribution < -0.4 is 15.4 Å². The molecule has 0 saturated carbocycles. The molecule has 0 saturated heterocycles. The quantitative estimate of drug-likeness (QED) is 0.854. The van der Waals surface area contributed by atoms with E-state index in [9.17, 15) is 4.79 Å². The lowest BCUT2D eigenvalue weighted by Gasteiger charge is -2.28. The van der Waals surface area contributed by atoms with Crippen molar-refractivity contribution in [1.82, 2.24) is 10.6 Å². The number of nitrogens with one attached hydrogen (secondary N) is 2. The Morgan fingerprint density at radius 3 is 2.93 bits per heavy atom. The number of amides is 1. The minimum atomic E-state index is 0.147. The van der Waals surface area contributed by atoms with Gasteiger partial charge in [0.15, 0.2) is 0 Å². The van der Waals surface area contributed by atoms with Crippen LogP contribution in [-0.2, 0) is 17.6 Å². The van der Waals surface area contributed by atoms with Crippen molar-refractivity contribution < 1.29 is 9.53 Å². The Labute approximate surface area is 161 Å². The van der Waals surface area contributed by atoms with Gasteiger partial charge in [-0.15, -0.1) is 0 Å². The van der Waals surface area contributed by atoms with Gasteiger partial charge in [-0.2, -0.15) is 0 Å². The lowest BCUT2D eigenvalue weighted by molar-refractivity contribution is -0.121. The van der Waals surface area contributed by atoms with Crippen molar-refractivity contribution in [3.63, 3.8) is 0 Å². The summed E-state index contributed by atoms with van der Waals surface area (Å²) in [5.41, 5.74) is 5.37. The fourth-order valence-corrected chi connectivity index (χ4v) is 4.52. The average molecular weight is 364 g/mol. The molecule has 142 valence electrons. The molecule has 1 aliphatic carbocycles. The Morgan fingerprint density at radius 1 is 1.15 bits per heavy atom. The van der Waals surface area contributed by atoms with Gasteiger partial charge in [-0.1, -0.05) is 30.3 Å². The third-order valence-electron chi connectivity index (χ3n) is 5.94. The van der Waals surface area contributed by atoms with Crippen LogP contribution in [0.3, 0.4) is 0 Å². The van der Waals surface area contributed by atoms with Crippen LogP contribution in [0.1, 0.15) is 53.5 Å². The number of hydrogen-bond acceptors (Lipinski definition) is 3. The Balaban J connectivity index is 1.37. The van der Waals surface area contributed by atoms with Gasteiger partial charge in [0, 0.05) is 19.0 Å². The zero-order valence-corrected chi connectivity index (χ0v) is 16.0. The molecular formula is C23H28N2O2. The van der Waals surface area contributed by atoms with E-state index in [0.717, 1.165) is 38.0 Å². The summed E-state index contributed by atoms with van der Waals surface area (Å²) < 4.78 is 5.34. The molecule has 0 fully saturated rings. The maximum atomic E-state index is 12.6. The van der Waals surface area contributed by atoms with Crippen LogP contribution in [-0.4, -0.2) is 26.1 Å². The minimum Gasteiger partial charge on any atom is -0.497 e. The van der Waals surface area contributed by atoms with Crippen molar-refractivity contribution >= 4 is 5.91 Å². The molecule has 27 heavy (non-hydrogen) atoms. The second-order valence-electron chi connectivity index (χ2n) is 7.62. The normalized spacial score (nSPS) is 21.1. The summed E-state index contributed by atoms with van der Waals surface area (Å²) in [6.45, 7) is 1.62. The van der Waals surface area contributed by atoms with Crippen molar-refractivity contribution in [3.05, 3.63) is 64.7 Å². The molecule has 0 aromatic heterocycles. The standard InChI is InChI=1S/C23H28N2O2/c1-27-19-9-10-20-17(13-19)6-4-7-18(20)14-23(26)25-15-22-21-8-3-2-5-16(21)11-12-24-22/h2-3,5,8-10,13,18,22,24H,4,6-7,11-12,14-15H2,1H3,(H,25,26). The van der Waals surface area contributed by atoms with Crippen LogP contribution in [0.15, 0.2) is 42.5 Å². The number of methoxy groups -OCH3 is 1. The van der Waals surface area contributed by atoms with Gasteiger partial charge in [0.1, 0.15) is 5.75 Å². The van der Waals surface area contributed by atoms with E-state index in [-0.39, 0.29) is 11.9 Å². The highest BCUT2D eigenvalue weighted by atomic mass is 16.5. The predicted octanol–water partition coefficient (Wildman–Crippen LogP) is 3.51. The number of hydrogen-bond donors (Lipinski definition) is 2. The first-order valence-electron chi connectivity index (χ1n) is 9.99. The summed E-state index contributed by atoms with van der Waals surface area (Å²) in [7, 11) is 1.70. The van der Waals surface area contributed by atoms with Gasteiger partial charge < -0.3 is 15.4 Å². The average Bonchev–Trinajstić information content (AvgIpc) is 2.72. The topological polar surface area (TPSA) is 50.4 Å². The lowest BCUT2D eigenvalue weighted by Crippen LogP contribution is -2.39. The fourth-order valence-electron chi connectivity index (χ4n) is 4.52. The Hall–Kier alpha value is -2.33. The highest BCUT2D eigenvalue weighted by Crippen LogP contribution is 2.35. The molecular weight excluding hydrogens is 336 g/mol. The molecule has 2 N–H and O–H groups in total. The summed E-state index contributed by atoms with van der Waals surface area (Å²) in [6, 6.07) is 15.0. The van der Waals surface area contributed by atoms with Crippen molar-refractivity contribution in [2.24, 2.45) is 0 Å². The van der Waals surface area contributed by atoms with Crippen LogP contribution in [0.5, 0.6) is 5.75 Å². The third-order valence-corrected chi connectivity index (χ3v) is 5.94. The van der Waals surface area contributed by atoms with E-state index in [1.54, 1.807) is 7.11 Å². The van der Waals surface area contributed by atoms with Crippen LogP contribution >= 0.6 is 0 Å². The fraction of sp³-hybridized carbons (Fsp3) is 0.435. The van der Waals surface area contributed by atoms with E-state index >= 15 is 0 Å². The first kappa shape index (κ1) is 18.1. The van der Waals surface area contributed by atoms with Gasteiger partial charge in [-0.05, 0) is 72.5 Å². The predicted molar refractivity (Wildman–Crippen MR) is 107 cm³/mol. The van der Waals surface area contributed by atoms with Gasteiger partial charge in [-0.25, -0.2) is 0 Å². The van der Waals surface area contributed by atoms with E-state index in [4.69, 9.17) is 4.74 Å². The Bertz CT molecular complexity index is 818. The van der Waals surface area contributed by atoms with E-state index in [2.05, 4.69) is 47.0 Å². The summed E-state index contributed by atoms with van der Waals surface area (Å²) in [6.07, 6.45) is 4.91. The molecule has 0 radical (unpaired) electrons. The lowest BCUT2D eigenvalue weighted by atomic mass is 9.81. The molecule has 2 atom stereocenters. The zero-order chi connectivity index (χ0) is 18.6. The monoisotopic (exact) mass is 364 g/mol. The molecule has 0 spiro atoms. The zero-order valence-electron chi connectivity index (χ0n) is 16.0. The highest BCUT2D eigenvalue weighted by Gasteiger charge is 2.24. The smallest absolute Gasteiger partial charge is 0.220 e. The highest BCUT2D eigenvalue weighted by molar-refractivity contribution is 5.77. The van der Waals surface area contributed by atoms with Crippen molar-refractivity contribution in [2.45, 2.75) is 44.1 Å². The second kappa shape index (κ2) is 8.13. The molecule has 4 rings (SSSR count). The number of aryl methyl sites for hydroxylation is 1. The Kier molecular flexibility index (Phi) is 5.44. The maximum absolute atomic E-state index is 12.6. The largest absolute Gasteiger partial charge is 0.497 e. The second-order valence-corrected chi connectivity index (χ2v) is 7.62. The van der Waals surface area contributed by atoms with Crippen molar-refractivity contribution in [3.8, 4) is 5.75 Å². The van der Waals surface area contributed by atoms with Gasteiger partial charge in [0.05, 0.1) is 7.11 Å². The molecule has 2 aromatic carbocycles. The van der Waals surface area contributed by atoms with Crippen LogP contribution in [0.4, 0.5) is 0 Å². The molecule has 2 aromatic rings. The summed E-state index contributed by atoms with van der Waals surface area (Å²) in [4.78, 5) is 12.6. The van der Waals surface area contributed by atoms with E-state index in [1.165, 1.54) is 22.3 Å². The number of rotatable bonds is 5. The van der Waals surface area contributed by atoms with Gasteiger partial charge in [0.25, 0.3) is 0 Å². The Morgan fingerprint density at radius 2 is 2.04 bits per heavy atom. The van der Waals surface area contributed by atoms with E-state index in [0.29, 0.717) is 18.9 Å². The number of carbonyl (C=O) groups is 1. The molecule has 1 aliphatic heterocycles. The first-order valence-corrected chi connectivity index (χ1v) is 9.99. The third kappa shape index (κ3) is 4.01. The van der Waals surface area contributed by atoms with Crippen LogP contribution in [0.2, 0.25) is 0 Å². The molecule has 1 heterocycles. The molecule has 4 heteroatoms. The number of benzene rings is 2. The van der Waals surface area contributed by atoms with E-state index < -0.39 is 0 Å². The van der Waals surface area contributed by atoms with Crippen molar-refractivity contribution in [2.75, 3.05) is 20.2 Å². The van der Waals surface area contributed by atoms with Gasteiger partial charge in [0.2, 0.25) is 5.91 Å². The molecule has 2 aliphatic rings. The minimum absolute atomic E-state index is 0.147. The number of ether oxygens (including phenoxy) is 1. The SMILES string of the molecule is COc1ccc2c(c1)CCCC2CC(=O)NCC1NCCc2ccccc21. The maximum Gasteiger partial charge on any atom is 0.220 e. The number of carbonyl (C=O) groups excluding carboxylic acids is 1. The molecule has 1 amide bonds. The van der Waals surface area contributed by atoms with Crippen LogP contribution in [0, 0.1) is 0 Å². The molecule has 0 bridgehead atoms. The van der Waals surface area contributed by atoms with Gasteiger partial charge >= 0.3 is 0 Å². The van der Waals surface area contributed by atoms with E-state index in [1.807, 2.05) is 6.07 Å². The summed E-state index contributed by atoms with van der Waals surface area (Å²) >= 11 is 0. The summed E-state index contributed by atoms with van der Waals surface area (Å²) in [5.74, 6) is 1.36. The first-order chi connectivity index (χ1) is 13.2. The van der Waals surface area contributed by atoms with Gasteiger partial charge in [-0.3, -0.25) is 4.79 Å². The van der Waals surface area contributed by atoms with Crippen LogP contribution in [0.25, 0.3) is 0 Å². The van der Waals surface area contributed by atoms with Crippen molar-refractivity contribution in [1.29, 1.82) is 0 Å². The summed E-state index contributed by atoms with van der Waals surface area (Å²) in [5, 5.41) is 6.70. The molecule has 2 unspecified atom stereocenters. The molecule has 4 nitrogen and oxygen atoms in total. The number of fused-ring (bicyclic) bond motifs is 2.